The lowest BCUT2D eigenvalue weighted by atomic mass is 10.1. The first-order chi connectivity index (χ1) is 13.6. The molecule has 0 aromatic heterocycles. The lowest BCUT2D eigenvalue weighted by molar-refractivity contribution is 0.0522. The fourth-order valence-electron chi connectivity index (χ4n) is 2.40. The van der Waals surface area contributed by atoms with E-state index in [4.69, 9.17) is 14.6 Å². The molecule has 0 atom stereocenters. The van der Waals surface area contributed by atoms with E-state index in [0.717, 1.165) is 5.56 Å². The maximum Gasteiger partial charge on any atom is 0.407 e. The van der Waals surface area contributed by atoms with Gasteiger partial charge in [0.1, 0.15) is 11.4 Å². The van der Waals surface area contributed by atoms with Gasteiger partial charge in [0.15, 0.2) is 0 Å². The molecular weight excluding hydrogens is 376 g/mol. The van der Waals surface area contributed by atoms with Gasteiger partial charge in [-0.2, -0.15) is 0 Å². The van der Waals surface area contributed by atoms with E-state index in [1.807, 2.05) is 0 Å². The van der Waals surface area contributed by atoms with Crippen LogP contribution in [0, 0.1) is 0 Å². The quantitative estimate of drug-likeness (QED) is 0.682. The van der Waals surface area contributed by atoms with Gasteiger partial charge in [0.25, 0.3) is 5.91 Å². The average molecular weight is 400 g/mol. The van der Waals surface area contributed by atoms with E-state index in [-0.39, 0.29) is 17.8 Å². The largest absolute Gasteiger partial charge is 0.495 e. The maximum absolute atomic E-state index is 12.5. The third-order valence-electron chi connectivity index (χ3n) is 3.75. The van der Waals surface area contributed by atoms with Crippen LogP contribution in [0.5, 0.6) is 5.75 Å². The minimum Gasteiger partial charge on any atom is -0.495 e. The molecule has 0 unspecified atom stereocenters. The number of nitrogens with one attached hydrogen (secondary N) is 2. The number of aromatic carboxylic acids is 1. The van der Waals surface area contributed by atoms with Crippen molar-refractivity contribution < 1.29 is 29.0 Å². The van der Waals surface area contributed by atoms with Crippen LogP contribution in [0.2, 0.25) is 0 Å². The van der Waals surface area contributed by atoms with Gasteiger partial charge < -0.3 is 25.2 Å². The lowest BCUT2D eigenvalue weighted by Crippen LogP contribution is -2.32. The highest BCUT2D eigenvalue weighted by molar-refractivity contribution is 6.05. The molecule has 0 bridgehead atoms. The van der Waals surface area contributed by atoms with E-state index < -0.39 is 23.6 Å². The maximum atomic E-state index is 12.5. The van der Waals surface area contributed by atoms with Crippen LogP contribution in [0.4, 0.5) is 10.5 Å². The molecule has 0 fully saturated rings. The van der Waals surface area contributed by atoms with Crippen molar-refractivity contribution in [2.45, 2.75) is 32.9 Å². The standard InChI is InChI=1S/C21H24N2O6/c1-21(2,3)29-20(27)22-12-13-5-7-14(8-6-13)18(24)23-16-11-15(19(25)26)9-10-17(16)28-4/h5-11H,12H2,1-4H3,(H,22,27)(H,23,24)(H,25,26). The predicted molar refractivity (Wildman–Crippen MR) is 107 cm³/mol. The van der Waals surface area contributed by atoms with Gasteiger partial charge >= 0.3 is 12.1 Å². The Morgan fingerprint density at radius 1 is 1.00 bits per heavy atom. The van der Waals surface area contributed by atoms with E-state index in [0.29, 0.717) is 11.3 Å². The second-order valence-electron chi connectivity index (χ2n) is 7.23. The van der Waals surface area contributed by atoms with Gasteiger partial charge in [-0.25, -0.2) is 9.59 Å². The van der Waals surface area contributed by atoms with Crippen molar-refractivity contribution in [1.29, 1.82) is 0 Å². The van der Waals surface area contributed by atoms with Crippen molar-refractivity contribution in [3.05, 3.63) is 59.2 Å². The molecule has 0 aliphatic rings. The van der Waals surface area contributed by atoms with Gasteiger partial charge in [0.2, 0.25) is 0 Å². The fraction of sp³-hybridized carbons (Fsp3) is 0.286. The molecule has 2 aromatic rings. The Labute approximate surface area is 168 Å². The number of hydrogen-bond acceptors (Lipinski definition) is 5. The average Bonchev–Trinajstić information content (AvgIpc) is 2.65. The molecule has 3 N–H and O–H groups in total. The van der Waals surface area contributed by atoms with Crippen LogP contribution >= 0.6 is 0 Å². The van der Waals surface area contributed by atoms with Gasteiger partial charge in [0, 0.05) is 12.1 Å². The number of carboxylic acid groups (broad SMARTS) is 1. The molecule has 2 rings (SSSR count). The molecule has 154 valence electrons. The number of amides is 2. The molecule has 0 saturated carbocycles. The Hall–Kier alpha value is -3.55. The first-order valence-corrected chi connectivity index (χ1v) is 8.87. The molecule has 0 radical (unpaired) electrons. The highest BCUT2D eigenvalue weighted by Gasteiger charge is 2.16. The zero-order valence-corrected chi connectivity index (χ0v) is 16.7. The Kier molecular flexibility index (Phi) is 6.82. The summed E-state index contributed by atoms with van der Waals surface area (Å²) < 4.78 is 10.3. The molecular formula is C21H24N2O6. The van der Waals surface area contributed by atoms with Crippen LogP contribution in [0.3, 0.4) is 0 Å². The lowest BCUT2D eigenvalue weighted by Gasteiger charge is -2.19. The van der Waals surface area contributed by atoms with Gasteiger partial charge in [-0.1, -0.05) is 12.1 Å². The van der Waals surface area contributed by atoms with Crippen molar-refractivity contribution in [3.8, 4) is 5.75 Å². The predicted octanol–water partition coefficient (Wildman–Crippen LogP) is 3.67. The van der Waals surface area contributed by atoms with Crippen LogP contribution in [-0.2, 0) is 11.3 Å². The SMILES string of the molecule is COc1ccc(C(=O)O)cc1NC(=O)c1ccc(CNC(=O)OC(C)(C)C)cc1. The molecule has 0 heterocycles. The molecule has 2 aromatic carbocycles. The molecule has 0 aliphatic carbocycles. The second-order valence-corrected chi connectivity index (χ2v) is 7.23. The number of rotatable bonds is 6. The summed E-state index contributed by atoms with van der Waals surface area (Å²) in [6.07, 6.45) is -0.523. The van der Waals surface area contributed by atoms with Gasteiger partial charge in [0.05, 0.1) is 18.4 Å². The fourth-order valence-corrected chi connectivity index (χ4v) is 2.40. The number of carbonyl (C=O) groups excluding carboxylic acids is 2. The summed E-state index contributed by atoms with van der Waals surface area (Å²) in [5.41, 5.74) is 0.870. The number of anilines is 1. The van der Waals surface area contributed by atoms with E-state index in [1.165, 1.54) is 25.3 Å². The number of hydrogen-bond donors (Lipinski definition) is 3. The summed E-state index contributed by atoms with van der Waals surface area (Å²) in [5.74, 6) is -1.18. The number of carbonyl (C=O) groups is 3. The third-order valence-corrected chi connectivity index (χ3v) is 3.75. The van der Waals surface area contributed by atoms with Crippen molar-refractivity contribution >= 4 is 23.7 Å². The highest BCUT2D eigenvalue weighted by atomic mass is 16.6. The molecule has 8 nitrogen and oxygen atoms in total. The van der Waals surface area contributed by atoms with Crippen LogP contribution in [0.15, 0.2) is 42.5 Å². The smallest absolute Gasteiger partial charge is 0.407 e. The summed E-state index contributed by atoms with van der Waals surface area (Å²) in [7, 11) is 1.43. The molecule has 29 heavy (non-hydrogen) atoms. The number of alkyl carbamates (subject to hydrolysis) is 1. The van der Waals surface area contributed by atoms with Crippen molar-refractivity contribution in [2.75, 3.05) is 12.4 Å². The summed E-state index contributed by atoms with van der Waals surface area (Å²) in [6.45, 7) is 5.59. The van der Waals surface area contributed by atoms with Gasteiger partial charge in [-0.05, 0) is 56.7 Å². The molecule has 0 aliphatic heterocycles. The zero-order chi connectivity index (χ0) is 21.6. The van der Waals surface area contributed by atoms with Crippen LogP contribution in [-0.4, -0.2) is 35.8 Å². The number of ether oxygens (including phenoxy) is 2. The summed E-state index contributed by atoms with van der Waals surface area (Å²) in [6, 6.07) is 10.8. The van der Waals surface area contributed by atoms with E-state index in [1.54, 1.807) is 45.0 Å². The first kappa shape index (κ1) is 21.7. The molecule has 8 heteroatoms. The minimum atomic E-state index is -1.11. The van der Waals surface area contributed by atoms with Gasteiger partial charge in [-0.15, -0.1) is 0 Å². The number of benzene rings is 2. The summed E-state index contributed by atoms with van der Waals surface area (Å²) >= 11 is 0. The number of methoxy groups -OCH3 is 1. The highest BCUT2D eigenvalue weighted by Crippen LogP contribution is 2.26. The van der Waals surface area contributed by atoms with Crippen molar-refractivity contribution in [1.82, 2.24) is 5.32 Å². The van der Waals surface area contributed by atoms with Gasteiger partial charge in [-0.3, -0.25) is 4.79 Å². The Bertz CT molecular complexity index is 900. The van der Waals surface area contributed by atoms with Crippen LogP contribution in [0.25, 0.3) is 0 Å². The Morgan fingerprint density at radius 3 is 2.17 bits per heavy atom. The van der Waals surface area contributed by atoms with E-state index in [2.05, 4.69) is 10.6 Å². The monoisotopic (exact) mass is 400 g/mol. The Balaban J connectivity index is 2.03. The second kappa shape index (κ2) is 9.09. The first-order valence-electron chi connectivity index (χ1n) is 8.87. The molecule has 0 spiro atoms. The van der Waals surface area contributed by atoms with E-state index in [9.17, 15) is 14.4 Å². The summed E-state index contributed by atoms with van der Waals surface area (Å²) in [4.78, 5) is 35.3. The zero-order valence-electron chi connectivity index (χ0n) is 16.7. The van der Waals surface area contributed by atoms with Crippen LogP contribution < -0.4 is 15.4 Å². The summed E-state index contributed by atoms with van der Waals surface area (Å²) in [5, 5.41) is 14.4. The normalized spacial score (nSPS) is 10.8. The van der Waals surface area contributed by atoms with Crippen LogP contribution in [0.1, 0.15) is 47.1 Å². The topological polar surface area (TPSA) is 114 Å². The minimum absolute atomic E-state index is 0.0321. The van der Waals surface area contributed by atoms with Crippen molar-refractivity contribution in [2.24, 2.45) is 0 Å². The number of carboxylic acids is 1. The Morgan fingerprint density at radius 2 is 1.62 bits per heavy atom. The van der Waals surface area contributed by atoms with E-state index >= 15 is 0 Å². The molecule has 2 amide bonds. The van der Waals surface area contributed by atoms with Crippen molar-refractivity contribution in [3.63, 3.8) is 0 Å². The third kappa shape index (κ3) is 6.53. The molecule has 0 saturated heterocycles.